The van der Waals surface area contributed by atoms with E-state index in [1.165, 1.54) is 18.7 Å². The third-order valence-corrected chi connectivity index (χ3v) is 7.90. The largest absolute Gasteiger partial charge is 0.465 e. The number of aryl methyl sites for hydroxylation is 1. The van der Waals surface area contributed by atoms with Gasteiger partial charge in [0.15, 0.2) is 5.12 Å². The van der Waals surface area contributed by atoms with Crippen LogP contribution in [0.15, 0.2) is 48.5 Å². The lowest BCUT2D eigenvalue weighted by Gasteiger charge is -2.20. The number of carbonyl (C=O) groups is 3. The van der Waals surface area contributed by atoms with Crippen LogP contribution in [0.2, 0.25) is 0 Å². The molecule has 0 aliphatic carbocycles. The number of imidazole rings is 1. The first-order valence-electron chi connectivity index (χ1n) is 15.4. The lowest BCUT2D eigenvalue weighted by Crippen LogP contribution is -2.33. The molecule has 0 aliphatic rings. The fourth-order valence-corrected chi connectivity index (χ4v) is 5.69. The molecule has 0 radical (unpaired) electrons. The minimum atomic E-state index is -0.589. The van der Waals surface area contributed by atoms with E-state index in [1.807, 2.05) is 81.7 Å². The highest BCUT2D eigenvalue weighted by Gasteiger charge is 2.24. The SMILES string of the molecule is CCOc1nc(CC)c(CNC(=O)[C@@H](CSC(C)=O)CC(C)C)n1Cc1ccc(-c2ccccc2C(=O)OC(C)(C)C)cc1. The normalized spacial score (nSPS) is 12.2. The minimum absolute atomic E-state index is 0.0126. The van der Waals surface area contributed by atoms with Crippen molar-refractivity contribution in [1.29, 1.82) is 0 Å². The van der Waals surface area contributed by atoms with Crippen molar-refractivity contribution < 1.29 is 23.9 Å². The van der Waals surface area contributed by atoms with Crippen molar-refractivity contribution >= 4 is 28.8 Å². The standard InChI is InChI=1S/C35H47N3O5S/c1-9-30-31(20-36-32(40)27(19-23(3)4)22-44-24(5)39)38(34(37-30)42-10-2)21-25-15-17-26(18-16-25)28-13-11-12-14-29(28)33(41)43-35(6,7)8/h11-18,23,27H,9-10,19-22H2,1-8H3,(H,36,40)/t27-/m1/s1. The van der Waals surface area contributed by atoms with Crippen molar-refractivity contribution in [1.82, 2.24) is 14.9 Å². The highest BCUT2D eigenvalue weighted by Crippen LogP contribution is 2.28. The van der Waals surface area contributed by atoms with Gasteiger partial charge >= 0.3 is 5.97 Å². The van der Waals surface area contributed by atoms with Crippen molar-refractivity contribution in [2.75, 3.05) is 12.4 Å². The summed E-state index contributed by atoms with van der Waals surface area (Å²) in [6.07, 6.45) is 1.40. The van der Waals surface area contributed by atoms with Gasteiger partial charge in [-0.25, -0.2) is 4.79 Å². The van der Waals surface area contributed by atoms with E-state index >= 15 is 0 Å². The van der Waals surface area contributed by atoms with Crippen LogP contribution < -0.4 is 10.1 Å². The van der Waals surface area contributed by atoms with Gasteiger partial charge in [-0.3, -0.25) is 14.2 Å². The number of benzene rings is 2. The minimum Gasteiger partial charge on any atom is -0.465 e. The molecule has 3 rings (SSSR count). The van der Waals surface area contributed by atoms with Gasteiger partial charge in [0.25, 0.3) is 6.01 Å². The zero-order chi connectivity index (χ0) is 32.4. The second-order valence-electron chi connectivity index (χ2n) is 12.3. The predicted molar refractivity (Wildman–Crippen MR) is 177 cm³/mol. The molecular formula is C35H47N3O5S. The Morgan fingerprint density at radius 3 is 2.30 bits per heavy atom. The van der Waals surface area contributed by atoms with E-state index in [0.29, 0.717) is 55.8 Å². The molecule has 0 fully saturated rings. The first kappa shape index (κ1) is 34.9. The Labute approximate surface area is 266 Å². The van der Waals surface area contributed by atoms with Crippen LogP contribution in [0.3, 0.4) is 0 Å². The van der Waals surface area contributed by atoms with Crippen LogP contribution in [0.1, 0.15) is 89.1 Å². The second-order valence-corrected chi connectivity index (χ2v) is 13.4. The maximum atomic E-state index is 13.3. The van der Waals surface area contributed by atoms with Crippen LogP contribution in [0, 0.1) is 11.8 Å². The van der Waals surface area contributed by atoms with Gasteiger partial charge in [-0.1, -0.05) is 75.0 Å². The number of esters is 1. The van der Waals surface area contributed by atoms with Gasteiger partial charge < -0.3 is 14.8 Å². The van der Waals surface area contributed by atoms with Gasteiger partial charge in [-0.15, -0.1) is 0 Å². The summed E-state index contributed by atoms with van der Waals surface area (Å²) in [5.74, 6) is 0.123. The van der Waals surface area contributed by atoms with Gasteiger partial charge in [0.05, 0.1) is 36.6 Å². The molecule has 0 spiro atoms. The van der Waals surface area contributed by atoms with Crippen molar-refractivity contribution in [3.05, 3.63) is 71.0 Å². The number of nitrogens with zero attached hydrogens (tertiary/aromatic N) is 2. The molecule has 1 atom stereocenters. The van der Waals surface area contributed by atoms with E-state index in [4.69, 9.17) is 14.5 Å². The Morgan fingerprint density at radius 1 is 1.02 bits per heavy atom. The van der Waals surface area contributed by atoms with E-state index in [2.05, 4.69) is 19.2 Å². The molecule has 1 aromatic heterocycles. The summed E-state index contributed by atoms with van der Waals surface area (Å²) in [7, 11) is 0. The highest BCUT2D eigenvalue weighted by atomic mass is 32.2. The first-order chi connectivity index (χ1) is 20.8. The molecule has 8 nitrogen and oxygen atoms in total. The molecular weight excluding hydrogens is 574 g/mol. The third-order valence-electron chi connectivity index (χ3n) is 6.92. The average molecular weight is 622 g/mol. The van der Waals surface area contributed by atoms with E-state index in [-0.39, 0.29) is 22.9 Å². The van der Waals surface area contributed by atoms with Crippen molar-refractivity contribution in [2.45, 2.75) is 86.9 Å². The molecule has 3 aromatic rings. The molecule has 9 heteroatoms. The summed E-state index contributed by atoms with van der Waals surface area (Å²) in [4.78, 5) is 42.5. The first-order valence-corrected chi connectivity index (χ1v) is 16.3. The number of amides is 1. The highest BCUT2D eigenvalue weighted by molar-refractivity contribution is 8.13. The van der Waals surface area contributed by atoms with Gasteiger partial charge in [0.1, 0.15) is 5.60 Å². The van der Waals surface area contributed by atoms with E-state index in [9.17, 15) is 14.4 Å². The van der Waals surface area contributed by atoms with Crippen LogP contribution >= 0.6 is 11.8 Å². The van der Waals surface area contributed by atoms with Crippen LogP contribution in [0.25, 0.3) is 11.1 Å². The fourth-order valence-electron chi connectivity index (χ4n) is 4.97. The number of hydrogen-bond donors (Lipinski definition) is 1. The Hall–Kier alpha value is -3.59. The summed E-state index contributed by atoms with van der Waals surface area (Å²) in [6.45, 7) is 16.5. The van der Waals surface area contributed by atoms with Gasteiger partial charge in [0.2, 0.25) is 5.91 Å². The zero-order valence-electron chi connectivity index (χ0n) is 27.4. The predicted octanol–water partition coefficient (Wildman–Crippen LogP) is 7.07. The van der Waals surface area contributed by atoms with Gasteiger partial charge in [-0.05, 0) is 69.2 Å². The lowest BCUT2D eigenvalue weighted by molar-refractivity contribution is -0.125. The monoisotopic (exact) mass is 621 g/mol. The third kappa shape index (κ3) is 9.97. The smallest absolute Gasteiger partial charge is 0.339 e. The number of thioether (sulfide) groups is 1. The number of hydrogen-bond acceptors (Lipinski definition) is 7. The molecule has 1 amide bonds. The molecule has 238 valence electrons. The molecule has 1 N–H and O–H groups in total. The maximum absolute atomic E-state index is 13.3. The number of nitrogens with one attached hydrogen (secondary N) is 1. The number of ether oxygens (including phenoxy) is 2. The van der Waals surface area contributed by atoms with Crippen molar-refractivity contribution in [2.24, 2.45) is 11.8 Å². The maximum Gasteiger partial charge on any atom is 0.339 e. The Balaban J connectivity index is 1.86. The number of aromatic nitrogens is 2. The van der Waals surface area contributed by atoms with Crippen LogP contribution in [-0.4, -0.2) is 44.5 Å². The van der Waals surface area contributed by atoms with Crippen molar-refractivity contribution in [3.63, 3.8) is 0 Å². The number of rotatable bonds is 14. The lowest BCUT2D eigenvalue weighted by atomic mass is 9.98. The summed E-state index contributed by atoms with van der Waals surface area (Å²) >= 11 is 1.20. The summed E-state index contributed by atoms with van der Waals surface area (Å²) < 4.78 is 13.6. The number of carbonyl (C=O) groups excluding carboxylic acids is 3. The Morgan fingerprint density at radius 2 is 1.70 bits per heavy atom. The molecule has 0 aliphatic heterocycles. The quantitative estimate of drug-likeness (QED) is 0.192. The van der Waals surface area contributed by atoms with Crippen LogP contribution in [0.5, 0.6) is 6.01 Å². The molecule has 0 saturated carbocycles. The molecule has 1 heterocycles. The molecule has 0 bridgehead atoms. The van der Waals surface area contributed by atoms with E-state index in [1.54, 1.807) is 6.07 Å². The summed E-state index contributed by atoms with van der Waals surface area (Å²) in [5, 5.41) is 3.14. The van der Waals surface area contributed by atoms with E-state index in [0.717, 1.165) is 28.1 Å². The van der Waals surface area contributed by atoms with Crippen LogP contribution in [0.4, 0.5) is 0 Å². The topological polar surface area (TPSA) is 99.5 Å². The van der Waals surface area contributed by atoms with Gasteiger partial charge in [0, 0.05) is 18.6 Å². The summed E-state index contributed by atoms with van der Waals surface area (Å²) in [6, 6.07) is 16.0. The van der Waals surface area contributed by atoms with Crippen LogP contribution in [-0.2, 0) is 33.8 Å². The molecule has 0 saturated heterocycles. The van der Waals surface area contributed by atoms with Crippen molar-refractivity contribution in [3.8, 4) is 17.1 Å². The van der Waals surface area contributed by atoms with Gasteiger partial charge in [-0.2, -0.15) is 4.98 Å². The summed E-state index contributed by atoms with van der Waals surface area (Å²) in [5.41, 5.74) is 4.43. The Kier molecular flexibility index (Phi) is 12.6. The fraction of sp³-hybridized carbons (Fsp3) is 0.486. The molecule has 2 aromatic carbocycles. The molecule has 44 heavy (non-hydrogen) atoms. The second kappa shape index (κ2) is 15.9. The average Bonchev–Trinajstić information content (AvgIpc) is 3.29. The zero-order valence-corrected chi connectivity index (χ0v) is 28.2. The Bertz CT molecular complexity index is 1420. The van der Waals surface area contributed by atoms with E-state index < -0.39 is 5.60 Å². The molecule has 0 unspecified atom stereocenters.